The molecule has 1 aromatic heterocycles. The Morgan fingerprint density at radius 1 is 1.26 bits per heavy atom. The Hall–Kier alpha value is -1.36. The molecular weight excluding hydrogens is 240 g/mol. The second-order valence-corrected chi connectivity index (χ2v) is 4.56. The van der Waals surface area contributed by atoms with Gasteiger partial charge in [-0.2, -0.15) is 0 Å². The molecule has 0 aromatic carbocycles. The molecule has 0 unspecified atom stereocenters. The van der Waals surface area contributed by atoms with Gasteiger partial charge in [0.1, 0.15) is 17.5 Å². The summed E-state index contributed by atoms with van der Waals surface area (Å²) in [7, 11) is 3.94. The molecular formula is C14H26N4O. The van der Waals surface area contributed by atoms with Gasteiger partial charge in [0, 0.05) is 39.2 Å². The van der Waals surface area contributed by atoms with Crippen molar-refractivity contribution < 1.29 is 4.74 Å². The van der Waals surface area contributed by atoms with Crippen molar-refractivity contribution in [2.75, 3.05) is 44.1 Å². The number of ether oxygens (including phenoxy) is 1. The highest BCUT2D eigenvalue weighted by molar-refractivity contribution is 5.58. The molecule has 1 rings (SSSR count). The van der Waals surface area contributed by atoms with Gasteiger partial charge in [0.25, 0.3) is 0 Å². The van der Waals surface area contributed by atoms with Gasteiger partial charge in [0.05, 0.1) is 6.61 Å². The van der Waals surface area contributed by atoms with E-state index in [0.717, 1.165) is 49.0 Å². The van der Waals surface area contributed by atoms with E-state index in [4.69, 9.17) is 4.74 Å². The van der Waals surface area contributed by atoms with Crippen LogP contribution in [0.3, 0.4) is 0 Å². The van der Waals surface area contributed by atoms with Gasteiger partial charge in [-0.3, -0.25) is 0 Å². The molecule has 5 nitrogen and oxygen atoms in total. The van der Waals surface area contributed by atoms with Gasteiger partial charge >= 0.3 is 0 Å². The van der Waals surface area contributed by atoms with Crippen LogP contribution in [-0.2, 0) is 11.2 Å². The smallest absolute Gasteiger partial charge is 0.137 e. The van der Waals surface area contributed by atoms with Crippen molar-refractivity contribution >= 4 is 11.6 Å². The van der Waals surface area contributed by atoms with E-state index in [1.807, 2.05) is 27.9 Å². The minimum Gasteiger partial charge on any atom is -0.380 e. The Morgan fingerprint density at radius 3 is 2.58 bits per heavy atom. The maximum Gasteiger partial charge on any atom is 0.137 e. The quantitative estimate of drug-likeness (QED) is 0.731. The normalized spacial score (nSPS) is 10.6. The van der Waals surface area contributed by atoms with Crippen molar-refractivity contribution in [3.8, 4) is 0 Å². The molecule has 0 atom stereocenters. The van der Waals surface area contributed by atoms with Gasteiger partial charge in [-0.15, -0.1) is 0 Å². The lowest BCUT2D eigenvalue weighted by molar-refractivity contribution is 0.154. The minimum atomic E-state index is 0.717. The predicted molar refractivity (Wildman–Crippen MR) is 80.1 cm³/mol. The average Bonchev–Trinajstić information content (AvgIpc) is 2.41. The van der Waals surface area contributed by atoms with E-state index in [1.165, 1.54) is 0 Å². The number of hydrogen-bond acceptors (Lipinski definition) is 5. The summed E-state index contributed by atoms with van der Waals surface area (Å²) in [5.74, 6) is 2.80. The number of nitrogens with one attached hydrogen (secondary N) is 1. The molecule has 1 aromatic rings. The lowest BCUT2D eigenvalue weighted by Crippen LogP contribution is -2.25. The summed E-state index contributed by atoms with van der Waals surface area (Å²) in [6.07, 6.45) is 1.95. The van der Waals surface area contributed by atoms with E-state index in [2.05, 4.69) is 27.1 Å². The maximum atomic E-state index is 5.40. The monoisotopic (exact) mass is 266 g/mol. The van der Waals surface area contributed by atoms with Crippen molar-refractivity contribution in [2.24, 2.45) is 0 Å². The third kappa shape index (κ3) is 4.35. The zero-order valence-electron chi connectivity index (χ0n) is 12.8. The Morgan fingerprint density at radius 2 is 2.00 bits per heavy atom. The van der Waals surface area contributed by atoms with E-state index in [1.54, 1.807) is 0 Å². The zero-order valence-corrected chi connectivity index (χ0v) is 12.8. The van der Waals surface area contributed by atoms with Gasteiger partial charge in [-0.05, 0) is 20.3 Å². The summed E-state index contributed by atoms with van der Waals surface area (Å²) < 4.78 is 5.40. The molecule has 1 heterocycles. The van der Waals surface area contributed by atoms with E-state index in [-0.39, 0.29) is 0 Å². The van der Waals surface area contributed by atoms with Crippen LogP contribution >= 0.6 is 0 Å². The van der Waals surface area contributed by atoms with Crippen LogP contribution in [0, 0.1) is 6.92 Å². The topological polar surface area (TPSA) is 50.3 Å². The summed E-state index contributed by atoms with van der Waals surface area (Å²) in [6.45, 7) is 8.50. The van der Waals surface area contributed by atoms with E-state index in [9.17, 15) is 0 Å². The fourth-order valence-electron chi connectivity index (χ4n) is 1.95. The van der Waals surface area contributed by atoms with Crippen LogP contribution in [0.25, 0.3) is 0 Å². The number of rotatable bonds is 8. The van der Waals surface area contributed by atoms with Crippen LogP contribution in [0.1, 0.15) is 31.7 Å². The Bertz CT molecular complexity index is 395. The van der Waals surface area contributed by atoms with Gasteiger partial charge in [0.2, 0.25) is 0 Å². The molecule has 0 bridgehead atoms. The second kappa shape index (κ2) is 7.94. The average molecular weight is 266 g/mol. The number of aryl methyl sites for hydroxylation is 1. The molecule has 0 aliphatic carbocycles. The second-order valence-electron chi connectivity index (χ2n) is 4.56. The third-order valence-corrected chi connectivity index (χ3v) is 3.01. The fourth-order valence-corrected chi connectivity index (χ4v) is 1.95. The van der Waals surface area contributed by atoms with Crippen LogP contribution in [0.4, 0.5) is 11.6 Å². The van der Waals surface area contributed by atoms with Gasteiger partial charge in [0.15, 0.2) is 0 Å². The van der Waals surface area contributed by atoms with Crippen molar-refractivity contribution in [1.82, 2.24) is 9.97 Å². The van der Waals surface area contributed by atoms with Crippen LogP contribution in [0.2, 0.25) is 0 Å². The molecule has 1 N–H and O–H groups in total. The van der Waals surface area contributed by atoms with Crippen molar-refractivity contribution in [2.45, 2.75) is 33.6 Å². The number of hydrogen-bond donors (Lipinski definition) is 1. The van der Waals surface area contributed by atoms with Crippen LogP contribution in [0.5, 0.6) is 0 Å². The van der Waals surface area contributed by atoms with Crippen molar-refractivity contribution in [1.29, 1.82) is 0 Å². The molecule has 0 amide bonds. The molecule has 0 fully saturated rings. The van der Waals surface area contributed by atoms with Crippen molar-refractivity contribution in [3.05, 3.63) is 11.4 Å². The highest BCUT2D eigenvalue weighted by atomic mass is 16.5. The van der Waals surface area contributed by atoms with Gasteiger partial charge in [-0.25, -0.2) is 9.97 Å². The first-order valence-electron chi connectivity index (χ1n) is 6.98. The zero-order chi connectivity index (χ0) is 14.3. The van der Waals surface area contributed by atoms with E-state index >= 15 is 0 Å². The summed E-state index contributed by atoms with van der Waals surface area (Å²) in [4.78, 5) is 11.3. The highest BCUT2D eigenvalue weighted by Crippen LogP contribution is 2.22. The molecule has 0 saturated carbocycles. The number of anilines is 2. The summed E-state index contributed by atoms with van der Waals surface area (Å²) in [5, 5.41) is 3.15. The molecule has 0 spiro atoms. The largest absolute Gasteiger partial charge is 0.380 e. The minimum absolute atomic E-state index is 0.717. The Balaban J connectivity index is 2.93. The Kier molecular flexibility index (Phi) is 6.56. The molecule has 19 heavy (non-hydrogen) atoms. The standard InChI is InChI=1S/C14H26N4O/c1-6-8-12-16-13(15-4)11(3)14(17-12)18(5)9-10-19-7-2/h6-10H2,1-5H3,(H,15,16,17). The summed E-state index contributed by atoms with van der Waals surface area (Å²) in [5.41, 5.74) is 1.08. The molecule has 0 radical (unpaired) electrons. The molecule has 0 saturated heterocycles. The molecule has 0 aliphatic rings. The van der Waals surface area contributed by atoms with Crippen molar-refractivity contribution in [3.63, 3.8) is 0 Å². The lowest BCUT2D eigenvalue weighted by atomic mass is 10.2. The summed E-state index contributed by atoms with van der Waals surface area (Å²) in [6, 6.07) is 0. The lowest BCUT2D eigenvalue weighted by Gasteiger charge is -2.22. The van der Waals surface area contributed by atoms with Crippen LogP contribution in [-0.4, -0.2) is 43.8 Å². The van der Waals surface area contributed by atoms with Crippen LogP contribution < -0.4 is 10.2 Å². The Labute approximate surface area is 116 Å². The maximum absolute atomic E-state index is 5.40. The van der Waals surface area contributed by atoms with Gasteiger partial charge < -0.3 is 15.0 Å². The van der Waals surface area contributed by atoms with Crippen LogP contribution in [0.15, 0.2) is 0 Å². The van der Waals surface area contributed by atoms with E-state index < -0.39 is 0 Å². The summed E-state index contributed by atoms with van der Waals surface area (Å²) >= 11 is 0. The van der Waals surface area contributed by atoms with Gasteiger partial charge in [-0.1, -0.05) is 6.92 Å². The fraction of sp³-hybridized carbons (Fsp3) is 0.714. The first-order chi connectivity index (χ1) is 9.13. The van der Waals surface area contributed by atoms with E-state index in [0.29, 0.717) is 6.61 Å². The molecule has 108 valence electrons. The number of nitrogens with zero attached hydrogens (tertiary/aromatic N) is 3. The number of likely N-dealkylation sites (N-methyl/N-ethyl adjacent to an activating group) is 1. The molecule has 0 aliphatic heterocycles. The number of aromatic nitrogens is 2. The third-order valence-electron chi connectivity index (χ3n) is 3.01. The SMILES string of the molecule is CCCc1nc(NC)c(C)c(N(C)CCOCC)n1. The highest BCUT2D eigenvalue weighted by Gasteiger charge is 2.13. The molecule has 5 heteroatoms. The first kappa shape index (κ1) is 15.7. The first-order valence-corrected chi connectivity index (χ1v) is 6.98. The predicted octanol–water partition coefficient (Wildman–Crippen LogP) is 2.25.